The second-order valence-corrected chi connectivity index (χ2v) is 7.17. The third kappa shape index (κ3) is 3.34. The van der Waals surface area contributed by atoms with E-state index in [4.69, 9.17) is 9.47 Å². The van der Waals surface area contributed by atoms with Gasteiger partial charge in [0.25, 0.3) is 0 Å². The van der Waals surface area contributed by atoms with Gasteiger partial charge < -0.3 is 19.3 Å². The van der Waals surface area contributed by atoms with Crippen LogP contribution in [-0.4, -0.2) is 68.9 Å². The number of nitrogens with zero attached hydrogens (tertiary/aromatic N) is 2. The Labute approximate surface area is 127 Å². The maximum absolute atomic E-state index is 12.3. The lowest BCUT2D eigenvalue weighted by atomic mass is 9.73. The van der Waals surface area contributed by atoms with Crippen molar-refractivity contribution in [1.82, 2.24) is 9.80 Å². The Morgan fingerprint density at radius 2 is 2.19 bits per heavy atom. The van der Waals surface area contributed by atoms with Crippen LogP contribution in [-0.2, 0) is 9.47 Å². The average Bonchev–Trinajstić information content (AvgIpc) is 3.30. The number of fused-ring (bicyclic) bond motifs is 1. The summed E-state index contributed by atoms with van der Waals surface area (Å²) in [6, 6.07) is 0.112. The van der Waals surface area contributed by atoms with Crippen molar-refractivity contribution >= 4 is 6.03 Å². The monoisotopic (exact) mass is 296 g/mol. The van der Waals surface area contributed by atoms with Gasteiger partial charge in [-0.2, -0.15) is 0 Å². The Hall–Kier alpha value is -0.810. The molecule has 5 heteroatoms. The molecule has 1 aliphatic carbocycles. The highest BCUT2D eigenvalue weighted by molar-refractivity contribution is 5.74. The Morgan fingerprint density at radius 1 is 1.38 bits per heavy atom. The van der Waals surface area contributed by atoms with Gasteiger partial charge in [0, 0.05) is 45.8 Å². The summed E-state index contributed by atoms with van der Waals surface area (Å²) in [7, 11) is 3.64. The predicted molar refractivity (Wildman–Crippen MR) is 80.2 cm³/mol. The van der Waals surface area contributed by atoms with E-state index in [1.54, 1.807) is 4.90 Å². The van der Waals surface area contributed by atoms with E-state index in [-0.39, 0.29) is 17.6 Å². The third-order valence-corrected chi connectivity index (χ3v) is 5.08. The van der Waals surface area contributed by atoms with Crippen LogP contribution in [0, 0.1) is 11.3 Å². The molecular formula is C16H28N2O3. The number of amides is 2. The second-order valence-electron chi connectivity index (χ2n) is 7.17. The lowest BCUT2D eigenvalue weighted by Gasteiger charge is -2.50. The number of likely N-dealkylation sites (tertiary alicyclic amines) is 1. The van der Waals surface area contributed by atoms with Gasteiger partial charge in [0.15, 0.2) is 0 Å². The van der Waals surface area contributed by atoms with Crippen LogP contribution >= 0.6 is 0 Å². The number of carbonyl (C=O) groups excluding carboxylic acids is 1. The number of rotatable bonds is 4. The minimum absolute atomic E-state index is 0.0110. The lowest BCUT2D eigenvalue weighted by Crippen LogP contribution is -2.59. The first kappa shape index (κ1) is 15.1. The first-order valence-corrected chi connectivity index (χ1v) is 8.26. The summed E-state index contributed by atoms with van der Waals surface area (Å²) in [6.07, 6.45) is 6.02. The minimum Gasteiger partial charge on any atom is -0.380 e. The zero-order valence-electron chi connectivity index (χ0n) is 13.3. The summed E-state index contributed by atoms with van der Waals surface area (Å²) >= 11 is 0. The highest BCUT2D eigenvalue weighted by atomic mass is 16.5. The molecule has 0 bridgehead atoms. The molecule has 2 heterocycles. The number of ether oxygens (including phenoxy) is 2. The topological polar surface area (TPSA) is 42.0 Å². The zero-order chi connectivity index (χ0) is 14.9. The van der Waals surface area contributed by atoms with E-state index in [9.17, 15) is 4.79 Å². The molecule has 0 radical (unpaired) electrons. The van der Waals surface area contributed by atoms with Crippen molar-refractivity contribution in [3.05, 3.63) is 0 Å². The van der Waals surface area contributed by atoms with Gasteiger partial charge in [-0.05, 0) is 38.0 Å². The molecule has 0 unspecified atom stereocenters. The van der Waals surface area contributed by atoms with E-state index in [1.165, 1.54) is 12.8 Å². The smallest absolute Gasteiger partial charge is 0.319 e. The van der Waals surface area contributed by atoms with Crippen molar-refractivity contribution in [2.75, 3.05) is 47.0 Å². The molecule has 3 fully saturated rings. The SMILES string of the molecule is CN(C)C(=O)N1CC[C@@H]2OCCC[C@]2(COCC2CC2)C1. The fourth-order valence-corrected chi connectivity index (χ4v) is 3.66. The Bertz CT molecular complexity index is 384. The number of hydrogen-bond acceptors (Lipinski definition) is 3. The van der Waals surface area contributed by atoms with Crippen LogP contribution in [0.3, 0.4) is 0 Å². The molecule has 0 spiro atoms. The van der Waals surface area contributed by atoms with E-state index in [1.807, 2.05) is 19.0 Å². The van der Waals surface area contributed by atoms with Gasteiger partial charge in [0.2, 0.25) is 0 Å². The molecule has 0 N–H and O–H groups in total. The average molecular weight is 296 g/mol. The minimum atomic E-state index is 0.0110. The van der Waals surface area contributed by atoms with Crippen molar-refractivity contribution in [1.29, 1.82) is 0 Å². The molecule has 2 atom stereocenters. The number of carbonyl (C=O) groups is 1. The summed E-state index contributed by atoms with van der Waals surface area (Å²) in [5, 5.41) is 0. The maximum Gasteiger partial charge on any atom is 0.319 e. The standard InChI is InChI=1S/C16H28N2O3/c1-17(2)15(19)18-8-6-14-16(11-18,7-3-9-21-14)12-20-10-13-4-5-13/h13-14H,3-12H2,1-2H3/t14-,16+/m0/s1. The van der Waals surface area contributed by atoms with Crippen LogP contribution in [0.1, 0.15) is 32.1 Å². The molecule has 3 rings (SSSR count). The molecular weight excluding hydrogens is 268 g/mol. The van der Waals surface area contributed by atoms with Gasteiger partial charge in [0.05, 0.1) is 12.7 Å². The first-order valence-electron chi connectivity index (χ1n) is 8.26. The van der Waals surface area contributed by atoms with Gasteiger partial charge in [-0.1, -0.05) is 0 Å². The van der Waals surface area contributed by atoms with E-state index in [2.05, 4.69) is 0 Å². The first-order chi connectivity index (χ1) is 10.1. The fourth-order valence-electron chi connectivity index (χ4n) is 3.66. The lowest BCUT2D eigenvalue weighted by molar-refractivity contribution is -0.147. The molecule has 0 aromatic heterocycles. The van der Waals surface area contributed by atoms with Crippen molar-refractivity contribution in [3.63, 3.8) is 0 Å². The summed E-state index contributed by atoms with van der Waals surface area (Å²) < 4.78 is 12.0. The highest BCUT2D eigenvalue weighted by Gasteiger charge is 2.47. The van der Waals surface area contributed by atoms with Crippen LogP contribution < -0.4 is 0 Å². The van der Waals surface area contributed by atoms with Crippen LogP contribution in [0.25, 0.3) is 0 Å². The summed E-state index contributed by atoms with van der Waals surface area (Å²) in [6.45, 7) is 4.06. The highest BCUT2D eigenvalue weighted by Crippen LogP contribution is 2.41. The Morgan fingerprint density at radius 3 is 2.90 bits per heavy atom. The van der Waals surface area contributed by atoms with E-state index in [0.717, 1.165) is 58.1 Å². The van der Waals surface area contributed by atoms with Crippen molar-refractivity contribution in [2.24, 2.45) is 11.3 Å². The van der Waals surface area contributed by atoms with Crippen LogP contribution in [0.2, 0.25) is 0 Å². The Kier molecular flexibility index (Phi) is 4.41. The van der Waals surface area contributed by atoms with E-state index in [0.29, 0.717) is 0 Å². The van der Waals surface area contributed by atoms with Gasteiger partial charge in [-0.25, -0.2) is 4.79 Å². The van der Waals surface area contributed by atoms with Crippen LogP contribution in [0.5, 0.6) is 0 Å². The number of urea groups is 1. The van der Waals surface area contributed by atoms with Crippen LogP contribution in [0.4, 0.5) is 4.79 Å². The molecule has 21 heavy (non-hydrogen) atoms. The second kappa shape index (κ2) is 6.13. The van der Waals surface area contributed by atoms with Gasteiger partial charge in [-0.3, -0.25) is 0 Å². The third-order valence-electron chi connectivity index (χ3n) is 5.08. The molecule has 2 saturated heterocycles. The molecule has 5 nitrogen and oxygen atoms in total. The molecule has 2 aliphatic heterocycles. The van der Waals surface area contributed by atoms with E-state index >= 15 is 0 Å². The van der Waals surface area contributed by atoms with Gasteiger partial charge in [-0.15, -0.1) is 0 Å². The number of piperidine rings is 1. The molecule has 1 saturated carbocycles. The molecule has 0 aromatic carbocycles. The van der Waals surface area contributed by atoms with Crippen molar-refractivity contribution < 1.29 is 14.3 Å². The summed E-state index contributed by atoms with van der Waals surface area (Å²) in [5.74, 6) is 0.785. The molecule has 120 valence electrons. The predicted octanol–water partition coefficient (Wildman–Crippen LogP) is 1.97. The van der Waals surface area contributed by atoms with Crippen LogP contribution in [0.15, 0.2) is 0 Å². The van der Waals surface area contributed by atoms with Gasteiger partial charge >= 0.3 is 6.03 Å². The number of hydrogen-bond donors (Lipinski definition) is 0. The summed E-state index contributed by atoms with van der Waals surface area (Å²) in [4.78, 5) is 15.9. The molecule has 2 amide bonds. The maximum atomic E-state index is 12.3. The molecule has 0 aromatic rings. The normalized spacial score (nSPS) is 32.7. The fraction of sp³-hybridized carbons (Fsp3) is 0.938. The summed E-state index contributed by atoms with van der Waals surface area (Å²) in [5.41, 5.74) is 0.0110. The Balaban J connectivity index is 1.65. The quantitative estimate of drug-likeness (QED) is 0.796. The van der Waals surface area contributed by atoms with Gasteiger partial charge in [0.1, 0.15) is 0 Å². The van der Waals surface area contributed by atoms with Crippen molar-refractivity contribution in [3.8, 4) is 0 Å². The van der Waals surface area contributed by atoms with E-state index < -0.39 is 0 Å². The zero-order valence-corrected chi connectivity index (χ0v) is 13.3. The largest absolute Gasteiger partial charge is 0.380 e. The molecule has 3 aliphatic rings. The van der Waals surface area contributed by atoms with Crippen molar-refractivity contribution in [2.45, 2.75) is 38.2 Å².